The fraction of sp³-hybridized carbons (Fsp3) is 0.636. The average Bonchev–Trinajstić information content (AvgIpc) is 3.09. The maximum Gasteiger partial charge on any atom is 0.407 e. The van der Waals surface area contributed by atoms with E-state index in [2.05, 4.69) is 39.6 Å². The van der Waals surface area contributed by atoms with Crippen LogP contribution in [0.15, 0.2) is 35.3 Å². The minimum atomic E-state index is -0.487. The highest BCUT2D eigenvalue weighted by Crippen LogP contribution is 2.12. The van der Waals surface area contributed by atoms with E-state index in [4.69, 9.17) is 9.47 Å². The molecule has 1 amide bonds. The number of hydrogen-bond acceptors (Lipinski definition) is 4. The fourth-order valence-corrected chi connectivity index (χ4v) is 3.15. The predicted molar refractivity (Wildman–Crippen MR) is 131 cm³/mol. The van der Waals surface area contributed by atoms with Gasteiger partial charge in [-0.2, -0.15) is 0 Å². The number of likely N-dealkylation sites (tertiary alicyclic amines) is 1. The van der Waals surface area contributed by atoms with Crippen LogP contribution in [0.3, 0.4) is 0 Å². The molecule has 1 fully saturated rings. The zero-order valence-corrected chi connectivity index (χ0v) is 21.1. The molecule has 0 spiro atoms. The Hall–Kier alpha value is -1.55. The number of nitrogens with one attached hydrogen (secondary N) is 2. The SMILES string of the molecule is CN=C(NCC(C)COCc1ccccc1)N1CCC(NC(=O)OC(C)(C)C)C1.I. The normalized spacial score (nSPS) is 17.8. The van der Waals surface area contributed by atoms with Gasteiger partial charge in [-0.05, 0) is 38.7 Å². The minimum Gasteiger partial charge on any atom is -0.444 e. The van der Waals surface area contributed by atoms with E-state index in [-0.39, 0.29) is 36.1 Å². The molecule has 1 aliphatic rings. The van der Waals surface area contributed by atoms with Crippen LogP contribution in [0, 0.1) is 5.92 Å². The molecule has 1 heterocycles. The number of alkyl carbamates (subject to hydrolysis) is 1. The molecular weight excluding hydrogens is 495 g/mol. The summed E-state index contributed by atoms with van der Waals surface area (Å²) in [7, 11) is 1.79. The molecule has 170 valence electrons. The van der Waals surface area contributed by atoms with Gasteiger partial charge >= 0.3 is 6.09 Å². The van der Waals surface area contributed by atoms with Gasteiger partial charge in [0.25, 0.3) is 0 Å². The van der Waals surface area contributed by atoms with Crippen molar-refractivity contribution in [2.45, 2.75) is 52.4 Å². The monoisotopic (exact) mass is 532 g/mol. The van der Waals surface area contributed by atoms with Gasteiger partial charge in [-0.3, -0.25) is 4.99 Å². The number of halogens is 1. The maximum atomic E-state index is 12.0. The summed E-state index contributed by atoms with van der Waals surface area (Å²) in [5.74, 6) is 1.21. The Morgan fingerprint density at radius 2 is 2.00 bits per heavy atom. The summed E-state index contributed by atoms with van der Waals surface area (Å²) in [5.41, 5.74) is 0.697. The van der Waals surface area contributed by atoms with E-state index in [1.165, 1.54) is 5.56 Å². The first-order valence-corrected chi connectivity index (χ1v) is 10.3. The third kappa shape index (κ3) is 9.97. The van der Waals surface area contributed by atoms with Crippen LogP contribution >= 0.6 is 24.0 Å². The fourth-order valence-electron chi connectivity index (χ4n) is 3.15. The Kier molecular flexibility index (Phi) is 11.5. The first kappa shape index (κ1) is 26.5. The standard InChI is InChI=1S/C22H36N4O3.HI/c1-17(15-28-16-18-9-7-6-8-10-18)13-24-20(23-5)26-12-11-19(14-26)25-21(27)29-22(2,3)4;/h6-10,17,19H,11-16H2,1-5H3,(H,23,24)(H,25,27);1H. The average molecular weight is 532 g/mol. The van der Waals surface area contributed by atoms with Crippen molar-refractivity contribution < 1.29 is 14.3 Å². The number of amides is 1. The van der Waals surface area contributed by atoms with Crippen molar-refractivity contribution in [1.82, 2.24) is 15.5 Å². The second-order valence-corrected chi connectivity index (χ2v) is 8.61. The highest BCUT2D eigenvalue weighted by molar-refractivity contribution is 14.0. The molecule has 2 N–H and O–H groups in total. The summed E-state index contributed by atoms with van der Waals surface area (Å²) >= 11 is 0. The molecule has 7 nitrogen and oxygen atoms in total. The molecule has 2 rings (SSSR count). The van der Waals surface area contributed by atoms with Crippen LogP contribution in [0.4, 0.5) is 4.79 Å². The van der Waals surface area contributed by atoms with Gasteiger partial charge in [0.15, 0.2) is 5.96 Å². The number of nitrogens with zero attached hydrogens (tertiary/aromatic N) is 2. The Morgan fingerprint density at radius 1 is 1.30 bits per heavy atom. The number of hydrogen-bond donors (Lipinski definition) is 2. The van der Waals surface area contributed by atoms with Crippen molar-refractivity contribution in [1.29, 1.82) is 0 Å². The van der Waals surface area contributed by atoms with E-state index >= 15 is 0 Å². The van der Waals surface area contributed by atoms with Crippen molar-refractivity contribution in [2.24, 2.45) is 10.9 Å². The summed E-state index contributed by atoms with van der Waals surface area (Å²) in [4.78, 5) is 18.5. The van der Waals surface area contributed by atoms with Crippen molar-refractivity contribution in [3.05, 3.63) is 35.9 Å². The third-order valence-electron chi connectivity index (χ3n) is 4.54. The lowest BCUT2D eigenvalue weighted by molar-refractivity contribution is 0.0507. The molecule has 0 radical (unpaired) electrons. The summed E-state index contributed by atoms with van der Waals surface area (Å²) < 4.78 is 11.2. The summed E-state index contributed by atoms with van der Waals surface area (Å²) in [6, 6.07) is 10.3. The van der Waals surface area contributed by atoms with Crippen molar-refractivity contribution in [2.75, 3.05) is 33.3 Å². The molecule has 2 unspecified atom stereocenters. The van der Waals surface area contributed by atoms with Crippen molar-refractivity contribution in [3.63, 3.8) is 0 Å². The quantitative estimate of drug-likeness (QED) is 0.319. The number of rotatable bonds is 7. The van der Waals surface area contributed by atoms with E-state index in [9.17, 15) is 4.79 Å². The van der Waals surface area contributed by atoms with Gasteiger partial charge in [0.05, 0.1) is 19.3 Å². The van der Waals surface area contributed by atoms with Crippen molar-refractivity contribution >= 4 is 36.0 Å². The maximum absolute atomic E-state index is 12.0. The molecule has 0 bridgehead atoms. The largest absolute Gasteiger partial charge is 0.444 e. The number of ether oxygens (including phenoxy) is 2. The summed E-state index contributed by atoms with van der Waals surface area (Å²) in [5, 5.41) is 6.37. The zero-order chi connectivity index (χ0) is 21.3. The Bertz CT molecular complexity index is 664. The highest BCUT2D eigenvalue weighted by atomic mass is 127. The lowest BCUT2D eigenvalue weighted by Gasteiger charge is -2.24. The van der Waals surface area contributed by atoms with E-state index in [1.54, 1.807) is 7.05 Å². The van der Waals surface area contributed by atoms with Gasteiger partial charge in [-0.15, -0.1) is 24.0 Å². The number of benzene rings is 1. The molecule has 0 saturated carbocycles. The smallest absolute Gasteiger partial charge is 0.407 e. The second kappa shape index (κ2) is 13.0. The van der Waals surface area contributed by atoms with Gasteiger partial charge in [0.2, 0.25) is 0 Å². The Morgan fingerprint density at radius 3 is 2.63 bits per heavy atom. The first-order valence-electron chi connectivity index (χ1n) is 10.3. The first-order chi connectivity index (χ1) is 13.8. The number of guanidine groups is 1. The molecule has 1 saturated heterocycles. The highest BCUT2D eigenvalue weighted by Gasteiger charge is 2.27. The molecule has 0 aliphatic carbocycles. The van der Waals surface area contributed by atoms with Crippen LogP contribution in [0.5, 0.6) is 0 Å². The van der Waals surface area contributed by atoms with E-state index < -0.39 is 5.60 Å². The molecule has 30 heavy (non-hydrogen) atoms. The molecular formula is C22H37IN4O3. The molecule has 1 aromatic carbocycles. The van der Waals surface area contributed by atoms with E-state index in [1.807, 2.05) is 39.0 Å². The van der Waals surface area contributed by atoms with E-state index in [0.717, 1.165) is 32.0 Å². The Labute approximate surface area is 198 Å². The topological polar surface area (TPSA) is 75.2 Å². The van der Waals surface area contributed by atoms with Crippen molar-refractivity contribution in [3.8, 4) is 0 Å². The van der Waals surface area contributed by atoms with Crippen LogP contribution in [0.1, 0.15) is 39.7 Å². The second-order valence-electron chi connectivity index (χ2n) is 8.61. The molecule has 1 aromatic rings. The summed E-state index contributed by atoms with van der Waals surface area (Å²) in [6.07, 6.45) is 0.506. The van der Waals surface area contributed by atoms with Gasteiger partial charge < -0.3 is 25.0 Å². The lowest BCUT2D eigenvalue weighted by atomic mass is 10.2. The molecule has 2 atom stereocenters. The van der Waals surface area contributed by atoms with Crippen LogP contribution in [-0.2, 0) is 16.1 Å². The number of carbonyl (C=O) groups is 1. The zero-order valence-electron chi connectivity index (χ0n) is 18.8. The van der Waals surface area contributed by atoms with Crippen LogP contribution in [-0.4, -0.2) is 61.9 Å². The predicted octanol–water partition coefficient (Wildman–Crippen LogP) is 3.63. The van der Waals surface area contributed by atoms with Gasteiger partial charge in [0.1, 0.15) is 5.60 Å². The molecule has 1 aliphatic heterocycles. The van der Waals surface area contributed by atoms with Crippen LogP contribution in [0.2, 0.25) is 0 Å². The minimum absolute atomic E-state index is 0. The van der Waals surface area contributed by atoms with Crippen LogP contribution < -0.4 is 10.6 Å². The van der Waals surface area contributed by atoms with Gasteiger partial charge in [-0.1, -0.05) is 37.3 Å². The van der Waals surface area contributed by atoms with E-state index in [0.29, 0.717) is 19.1 Å². The third-order valence-corrected chi connectivity index (χ3v) is 4.54. The molecule has 0 aromatic heterocycles. The molecule has 8 heteroatoms. The summed E-state index contributed by atoms with van der Waals surface area (Å²) in [6.45, 7) is 11.4. The number of carbonyl (C=O) groups excluding carboxylic acids is 1. The lowest BCUT2D eigenvalue weighted by Crippen LogP contribution is -2.45. The number of aliphatic imine (C=N–C) groups is 1. The van der Waals surface area contributed by atoms with Crippen LogP contribution in [0.25, 0.3) is 0 Å². The Balaban J connectivity index is 0.00000450. The van der Waals surface area contributed by atoms with Gasteiger partial charge in [-0.25, -0.2) is 4.79 Å². The van der Waals surface area contributed by atoms with Gasteiger partial charge in [0, 0.05) is 26.7 Å².